The number of hydrogen-bond donors (Lipinski definition) is 1. The number of carbonyl (C=O) groups is 1. The SMILES string of the molecule is CNCC1(C(=O)N(C)CC2CCCN(C)C2)CC1. The van der Waals surface area contributed by atoms with Crippen molar-refractivity contribution in [1.82, 2.24) is 15.1 Å². The van der Waals surface area contributed by atoms with Crippen molar-refractivity contribution in [3.8, 4) is 0 Å². The molecule has 1 aliphatic heterocycles. The van der Waals surface area contributed by atoms with Crippen LogP contribution in [-0.4, -0.2) is 63.0 Å². The van der Waals surface area contributed by atoms with Crippen molar-refractivity contribution in [1.29, 1.82) is 0 Å². The zero-order chi connectivity index (χ0) is 13.2. The van der Waals surface area contributed by atoms with E-state index in [0.29, 0.717) is 11.8 Å². The molecule has 1 amide bonds. The van der Waals surface area contributed by atoms with E-state index in [1.807, 2.05) is 19.0 Å². The van der Waals surface area contributed by atoms with Gasteiger partial charge in [0.05, 0.1) is 5.41 Å². The molecule has 0 spiro atoms. The highest BCUT2D eigenvalue weighted by Crippen LogP contribution is 2.46. The van der Waals surface area contributed by atoms with Crippen molar-refractivity contribution in [2.45, 2.75) is 25.7 Å². The number of carbonyl (C=O) groups excluding carboxylic acids is 1. The molecule has 0 aromatic heterocycles. The quantitative estimate of drug-likeness (QED) is 0.787. The monoisotopic (exact) mass is 253 g/mol. The largest absolute Gasteiger partial charge is 0.345 e. The number of nitrogens with one attached hydrogen (secondary N) is 1. The summed E-state index contributed by atoms with van der Waals surface area (Å²) in [5, 5.41) is 3.16. The number of nitrogens with zero attached hydrogens (tertiary/aromatic N) is 2. The van der Waals surface area contributed by atoms with Crippen LogP contribution < -0.4 is 5.32 Å². The molecular formula is C14H27N3O. The fourth-order valence-electron chi connectivity index (χ4n) is 3.25. The molecule has 2 fully saturated rings. The summed E-state index contributed by atoms with van der Waals surface area (Å²) in [6.07, 6.45) is 4.65. The predicted octanol–water partition coefficient (Wildman–Crippen LogP) is 0.786. The number of likely N-dealkylation sites (tertiary alicyclic amines) is 1. The molecule has 2 aliphatic rings. The molecule has 2 rings (SSSR count). The van der Waals surface area contributed by atoms with Crippen molar-refractivity contribution >= 4 is 5.91 Å². The molecule has 18 heavy (non-hydrogen) atoms. The maximum atomic E-state index is 12.4. The van der Waals surface area contributed by atoms with Gasteiger partial charge in [-0.1, -0.05) is 0 Å². The topological polar surface area (TPSA) is 35.6 Å². The van der Waals surface area contributed by atoms with Crippen LogP contribution in [0, 0.1) is 11.3 Å². The van der Waals surface area contributed by atoms with E-state index in [1.165, 1.54) is 19.4 Å². The fourth-order valence-corrected chi connectivity index (χ4v) is 3.25. The molecule has 0 bridgehead atoms. The summed E-state index contributed by atoms with van der Waals surface area (Å²) >= 11 is 0. The lowest BCUT2D eigenvalue weighted by Gasteiger charge is -2.33. The first-order valence-corrected chi connectivity index (χ1v) is 7.16. The van der Waals surface area contributed by atoms with Crippen molar-refractivity contribution in [2.24, 2.45) is 11.3 Å². The van der Waals surface area contributed by atoms with E-state index in [4.69, 9.17) is 0 Å². The van der Waals surface area contributed by atoms with E-state index in [1.54, 1.807) is 0 Å². The lowest BCUT2D eigenvalue weighted by atomic mass is 9.97. The Balaban J connectivity index is 1.84. The Bertz CT molecular complexity index is 301. The van der Waals surface area contributed by atoms with Crippen LogP contribution in [0.4, 0.5) is 0 Å². The highest BCUT2D eigenvalue weighted by Gasteiger charge is 2.50. The maximum Gasteiger partial charge on any atom is 0.229 e. The van der Waals surface area contributed by atoms with Crippen LogP contribution in [0.25, 0.3) is 0 Å². The molecule has 104 valence electrons. The molecule has 4 nitrogen and oxygen atoms in total. The number of hydrogen-bond acceptors (Lipinski definition) is 3. The second-order valence-electron chi connectivity index (χ2n) is 6.27. The molecule has 1 atom stereocenters. The van der Waals surface area contributed by atoms with Gasteiger partial charge in [0.1, 0.15) is 0 Å². The Morgan fingerprint density at radius 2 is 2.22 bits per heavy atom. The van der Waals surface area contributed by atoms with Crippen molar-refractivity contribution in [3.05, 3.63) is 0 Å². The number of piperidine rings is 1. The Morgan fingerprint density at radius 3 is 2.78 bits per heavy atom. The second-order valence-corrected chi connectivity index (χ2v) is 6.27. The third-order valence-corrected chi connectivity index (χ3v) is 4.42. The van der Waals surface area contributed by atoms with Gasteiger partial charge in [0, 0.05) is 26.7 Å². The van der Waals surface area contributed by atoms with E-state index in [0.717, 1.165) is 32.5 Å². The molecule has 1 heterocycles. The summed E-state index contributed by atoms with van der Waals surface area (Å²) in [7, 11) is 6.09. The highest BCUT2D eigenvalue weighted by atomic mass is 16.2. The Hall–Kier alpha value is -0.610. The molecule has 1 saturated heterocycles. The van der Waals surface area contributed by atoms with Gasteiger partial charge in [-0.3, -0.25) is 4.79 Å². The van der Waals surface area contributed by atoms with Gasteiger partial charge in [0.2, 0.25) is 5.91 Å². The fraction of sp³-hybridized carbons (Fsp3) is 0.929. The van der Waals surface area contributed by atoms with Gasteiger partial charge < -0.3 is 15.1 Å². The first-order valence-electron chi connectivity index (χ1n) is 7.16. The standard InChI is InChI=1S/C14H27N3O/c1-15-11-14(6-7-14)13(18)17(3)10-12-5-4-8-16(2)9-12/h12,15H,4-11H2,1-3H3. The molecule has 0 radical (unpaired) electrons. The van der Waals surface area contributed by atoms with Crippen LogP contribution in [0.15, 0.2) is 0 Å². The average molecular weight is 253 g/mol. The molecule has 4 heteroatoms. The van der Waals surface area contributed by atoms with Gasteiger partial charge in [0.15, 0.2) is 0 Å². The molecule has 1 N–H and O–H groups in total. The first-order chi connectivity index (χ1) is 8.57. The minimum absolute atomic E-state index is 0.0654. The lowest BCUT2D eigenvalue weighted by molar-refractivity contribution is -0.136. The zero-order valence-corrected chi connectivity index (χ0v) is 12.0. The molecule has 1 saturated carbocycles. The lowest BCUT2D eigenvalue weighted by Crippen LogP contribution is -2.44. The van der Waals surface area contributed by atoms with Crippen molar-refractivity contribution < 1.29 is 4.79 Å². The van der Waals surface area contributed by atoms with E-state index >= 15 is 0 Å². The van der Waals surface area contributed by atoms with Gasteiger partial charge in [-0.25, -0.2) is 0 Å². The third-order valence-electron chi connectivity index (χ3n) is 4.42. The summed E-state index contributed by atoms with van der Waals surface area (Å²) < 4.78 is 0. The van der Waals surface area contributed by atoms with Crippen LogP contribution >= 0.6 is 0 Å². The van der Waals surface area contributed by atoms with Gasteiger partial charge >= 0.3 is 0 Å². The van der Waals surface area contributed by atoms with Crippen LogP contribution in [0.1, 0.15) is 25.7 Å². The van der Waals surface area contributed by atoms with Crippen LogP contribution in [0.2, 0.25) is 0 Å². The third kappa shape index (κ3) is 3.04. The predicted molar refractivity (Wildman–Crippen MR) is 73.5 cm³/mol. The van der Waals surface area contributed by atoms with E-state index in [2.05, 4.69) is 17.3 Å². The van der Waals surface area contributed by atoms with Gasteiger partial charge in [-0.2, -0.15) is 0 Å². The van der Waals surface area contributed by atoms with E-state index in [9.17, 15) is 4.79 Å². The molecule has 1 unspecified atom stereocenters. The average Bonchev–Trinajstić information content (AvgIpc) is 3.09. The number of rotatable bonds is 5. The van der Waals surface area contributed by atoms with Crippen LogP contribution in [0.3, 0.4) is 0 Å². The van der Waals surface area contributed by atoms with E-state index < -0.39 is 0 Å². The summed E-state index contributed by atoms with van der Waals surface area (Å²) in [6.45, 7) is 4.10. The van der Waals surface area contributed by atoms with Crippen LogP contribution in [0.5, 0.6) is 0 Å². The zero-order valence-electron chi connectivity index (χ0n) is 12.0. The van der Waals surface area contributed by atoms with Crippen molar-refractivity contribution in [2.75, 3.05) is 47.3 Å². The molecule has 0 aromatic rings. The Kier molecular flexibility index (Phi) is 4.28. The van der Waals surface area contributed by atoms with Gasteiger partial charge in [-0.05, 0) is 52.2 Å². The normalized spacial score (nSPS) is 26.9. The molecular weight excluding hydrogens is 226 g/mol. The van der Waals surface area contributed by atoms with E-state index in [-0.39, 0.29) is 5.41 Å². The highest BCUT2D eigenvalue weighted by molar-refractivity contribution is 5.85. The summed E-state index contributed by atoms with van der Waals surface area (Å²) in [6, 6.07) is 0. The maximum absolute atomic E-state index is 12.4. The Labute approximate surface area is 111 Å². The second kappa shape index (κ2) is 5.57. The van der Waals surface area contributed by atoms with Crippen LogP contribution in [-0.2, 0) is 4.79 Å². The molecule has 0 aromatic carbocycles. The summed E-state index contributed by atoms with van der Waals surface area (Å²) in [4.78, 5) is 16.8. The van der Waals surface area contributed by atoms with Gasteiger partial charge in [-0.15, -0.1) is 0 Å². The smallest absolute Gasteiger partial charge is 0.229 e. The summed E-state index contributed by atoms with van der Waals surface area (Å²) in [5.74, 6) is 1.01. The minimum atomic E-state index is -0.0654. The summed E-state index contributed by atoms with van der Waals surface area (Å²) in [5.41, 5.74) is -0.0654. The Morgan fingerprint density at radius 1 is 1.50 bits per heavy atom. The minimum Gasteiger partial charge on any atom is -0.345 e. The molecule has 1 aliphatic carbocycles. The number of amides is 1. The van der Waals surface area contributed by atoms with Crippen molar-refractivity contribution in [3.63, 3.8) is 0 Å². The van der Waals surface area contributed by atoms with Gasteiger partial charge in [0.25, 0.3) is 0 Å². The first kappa shape index (κ1) is 13.8.